The lowest BCUT2D eigenvalue weighted by molar-refractivity contribution is -0.139. The Balaban J connectivity index is 1.44. The average molecular weight is 407 g/mol. The third kappa shape index (κ3) is 6.73. The third-order valence-electron chi connectivity index (χ3n) is 4.68. The molecule has 30 heavy (non-hydrogen) atoms. The summed E-state index contributed by atoms with van der Waals surface area (Å²) in [6.07, 6.45) is -0.312. The van der Waals surface area contributed by atoms with Crippen molar-refractivity contribution in [3.05, 3.63) is 65.7 Å². The van der Waals surface area contributed by atoms with Gasteiger partial charge in [-0.25, -0.2) is 0 Å². The predicted octanol–water partition coefficient (Wildman–Crippen LogP) is 2.56. The number of rotatable bonds is 7. The second-order valence-corrected chi connectivity index (χ2v) is 6.91. The fraction of sp³-hybridized carbons (Fsp3) is 0.333. The zero-order valence-electron chi connectivity index (χ0n) is 17.0. The average Bonchev–Trinajstić information content (AvgIpc) is 2.79. The molecule has 1 saturated heterocycles. The van der Waals surface area contributed by atoms with Gasteiger partial charge in [-0.1, -0.05) is 30.0 Å². The van der Waals surface area contributed by atoms with Gasteiger partial charge in [-0.2, -0.15) is 0 Å². The van der Waals surface area contributed by atoms with E-state index in [1.165, 1.54) is 7.11 Å². The second kappa shape index (κ2) is 11.1. The second-order valence-electron chi connectivity index (χ2n) is 6.91. The predicted molar refractivity (Wildman–Crippen MR) is 112 cm³/mol. The molecule has 0 N–H and O–H groups in total. The van der Waals surface area contributed by atoms with Crippen LogP contribution in [-0.2, 0) is 14.3 Å². The Morgan fingerprint density at radius 2 is 1.90 bits per heavy atom. The molecule has 0 bridgehead atoms. The van der Waals surface area contributed by atoms with Gasteiger partial charge in [0, 0.05) is 24.2 Å². The van der Waals surface area contributed by atoms with E-state index in [4.69, 9.17) is 9.47 Å². The molecule has 0 saturated carbocycles. The van der Waals surface area contributed by atoms with E-state index in [0.29, 0.717) is 31.1 Å². The number of hydrogen-bond donors (Lipinski definition) is 0. The van der Waals surface area contributed by atoms with E-state index >= 15 is 0 Å². The molecule has 0 aliphatic carbocycles. The summed E-state index contributed by atoms with van der Waals surface area (Å²) in [6, 6.07) is 16.7. The molecule has 156 valence electrons. The number of carbonyl (C=O) groups is 2. The zero-order valence-corrected chi connectivity index (χ0v) is 17.0. The van der Waals surface area contributed by atoms with Crippen molar-refractivity contribution in [1.29, 1.82) is 0 Å². The smallest absolute Gasteiger partial charge is 0.313 e. The molecule has 1 atom stereocenters. The number of Topliss-reactive ketones (excluding diaryl/α,β-unsaturated/α-hetero) is 1. The normalized spacial score (nSPS) is 16.2. The molecule has 6 heteroatoms. The van der Waals surface area contributed by atoms with Crippen LogP contribution in [0.2, 0.25) is 0 Å². The lowest BCUT2D eigenvalue weighted by Gasteiger charge is -2.31. The van der Waals surface area contributed by atoms with Crippen LogP contribution in [0.1, 0.15) is 22.3 Å². The quantitative estimate of drug-likeness (QED) is 0.304. The van der Waals surface area contributed by atoms with Crippen molar-refractivity contribution in [3.63, 3.8) is 0 Å². The van der Waals surface area contributed by atoms with Gasteiger partial charge >= 0.3 is 5.97 Å². The van der Waals surface area contributed by atoms with Crippen LogP contribution in [0.3, 0.4) is 0 Å². The molecule has 2 aromatic carbocycles. The van der Waals surface area contributed by atoms with Crippen molar-refractivity contribution in [3.8, 4) is 17.6 Å². The van der Waals surface area contributed by atoms with Crippen molar-refractivity contribution in [2.24, 2.45) is 0 Å². The maximum absolute atomic E-state index is 12.0. The summed E-state index contributed by atoms with van der Waals surface area (Å²) in [5, 5.41) is 0. The summed E-state index contributed by atoms with van der Waals surface area (Å²) in [5.74, 6) is 6.21. The van der Waals surface area contributed by atoms with E-state index in [9.17, 15) is 9.59 Å². The lowest BCUT2D eigenvalue weighted by atomic mass is 10.1. The van der Waals surface area contributed by atoms with Crippen LogP contribution in [0, 0.1) is 11.8 Å². The Kier molecular flexibility index (Phi) is 8.02. The molecular weight excluding hydrogens is 382 g/mol. The molecule has 3 rings (SSSR count). The van der Waals surface area contributed by atoms with E-state index in [2.05, 4.69) is 21.5 Å². The molecule has 1 fully saturated rings. The van der Waals surface area contributed by atoms with Gasteiger partial charge in [0.2, 0.25) is 0 Å². The van der Waals surface area contributed by atoms with Crippen molar-refractivity contribution >= 4 is 11.8 Å². The minimum Gasteiger partial charge on any atom is -0.491 e. The van der Waals surface area contributed by atoms with Gasteiger partial charge in [-0.3, -0.25) is 14.5 Å². The summed E-state index contributed by atoms with van der Waals surface area (Å²) in [5.41, 5.74) is 1.46. The van der Waals surface area contributed by atoms with Gasteiger partial charge in [0.25, 0.3) is 0 Å². The highest BCUT2D eigenvalue weighted by molar-refractivity contribution is 6.05. The van der Waals surface area contributed by atoms with E-state index in [0.717, 1.165) is 18.7 Å². The monoisotopic (exact) mass is 407 g/mol. The number of benzene rings is 2. The molecule has 6 nitrogen and oxygen atoms in total. The molecule has 2 aromatic rings. The molecule has 1 aliphatic rings. The number of hydrogen-bond acceptors (Lipinski definition) is 6. The first-order chi connectivity index (χ1) is 14.6. The van der Waals surface area contributed by atoms with Gasteiger partial charge in [0.05, 0.1) is 20.3 Å². The Bertz CT molecular complexity index is 899. The minimum absolute atomic E-state index is 0.0436. The molecule has 1 heterocycles. The zero-order chi connectivity index (χ0) is 21.2. The maximum Gasteiger partial charge on any atom is 0.313 e. The molecule has 0 spiro atoms. The Hall–Kier alpha value is -3.14. The highest BCUT2D eigenvalue weighted by Gasteiger charge is 2.20. The molecule has 0 radical (unpaired) electrons. The highest BCUT2D eigenvalue weighted by atomic mass is 16.5. The Labute approximate surface area is 176 Å². The van der Waals surface area contributed by atoms with Crippen LogP contribution in [0.4, 0.5) is 0 Å². The van der Waals surface area contributed by atoms with Gasteiger partial charge in [-0.05, 0) is 36.4 Å². The summed E-state index contributed by atoms with van der Waals surface area (Å²) in [7, 11) is 1.26. The van der Waals surface area contributed by atoms with Crippen LogP contribution in [0.25, 0.3) is 0 Å². The number of ether oxygens (including phenoxy) is 3. The summed E-state index contributed by atoms with van der Waals surface area (Å²) in [4.78, 5) is 25.4. The molecular formula is C24H25NO5. The van der Waals surface area contributed by atoms with E-state index in [-0.39, 0.29) is 18.3 Å². The van der Waals surface area contributed by atoms with E-state index in [1.54, 1.807) is 24.3 Å². The van der Waals surface area contributed by atoms with Crippen molar-refractivity contribution in [2.75, 3.05) is 40.0 Å². The van der Waals surface area contributed by atoms with E-state index < -0.39 is 5.97 Å². The van der Waals surface area contributed by atoms with E-state index in [1.807, 2.05) is 30.3 Å². The summed E-state index contributed by atoms with van der Waals surface area (Å²) >= 11 is 0. The number of carbonyl (C=O) groups excluding carboxylic acids is 2. The lowest BCUT2D eigenvalue weighted by Crippen LogP contribution is -2.45. The third-order valence-corrected chi connectivity index (χ3v) is 4.68. The highest BCUT2D eigenvalue weighted by Crippen LogP contribution is 2.15. The number of methoxy groups -OCH3 is 1. The number of nitrogens with zero attached hydrogens (tertiary/aromatic N) is 1. The van der Waals surface area contributed by atoms with Crippen molar-refractivity contribution in [1.82, 2.24) is 4.90 Å². The molecule has 0 aromatic heterocycles. The summed E-state index contributed by atoms with van der Waals surface area (Å²) < 4.78 is 16.1. The molecule has 1 unspecified atom stereocenters. The van der Waals surface area contributed by atoms with Gasteiger partial charge in [0.1, 0.15) is 24.9 Å². The number of esters is 1. The first-order valence-corrected chi connectivity index (χ1v) is 9.85. The van der Waals surface area contributed by atoms with Gasteiger partial charge in [-0.15, -0.1) is 0 Å². The molecule has 0 amide bonds. The Morgan fingerprint density at radius 1 is 1.13 bits per heavy atom. The van der Waals surface area contributed by atoms with Crippen molar-refractivity contribution < 1.29 is 23.8 Å². The Morgan fingerprint density at radius 3 is 2.63 bits per heavy atom. The first-order valence-electron chi connectivity index (χ1n) is 9.85. The van der Waals surface area contributed by atoms with Crippen LogP contribution in [0.5, 0.6) is 5.75 Å². The largest absolute Gasteiger partial charge is 0.491 e. The SMILES string of the molecule is COC(=O)CC(=O)c1ccc(OCC2CN(CC#Cc3ccccc3)CCO2)cc1. The summed E-state index contributed by atoms with van der Waals surface area (Å²) in [6.45, 7) is 3.34. The van der Waals surface area contributed by atoms with Gasteiger partial charge in [0.15, 0.2) is 5.78 Å². The number of morpholine rings is 1. The topological polar surface area (TPSA) is 65.1 Å². The molecule has 1 aliphatic heterocycles. The fourth-order valence-electron chi connectivity index (χ4n) is 3.03. The first kappa shape index (κ1) is 21.6. The maximum atomic E-state index is 12.0. The fourth-order valence-corrected chi connectivity index (χ4v) is 3.03. The van der Waals surface area contributed by atoms with Crippen LogP contribution < -0.4 is 4.74 Å². The van der Waals surface area contributed by atoms with Gasteiger partial charge < -0.3 is 14.2 Å². The van der Waals surface area contributed by atoms with Crippen LogP contribution in [-0.4, -0.2) is 62.7 Å². The van der Waals surface area contributed by atoms with Crippen molar-refractivity contribution in [2.45, 2.75) is 12.5 Å². The van der Waals surface area contributed by atoms with Crippen LogP contribution in [0.15, 0.2) is 54.6 Å². The number of ketones is 1. The standard InChI is InChI=1S/C24H25NO5/c1-28-24(27)16-23(26)20-9-11-21(12-10-20)30-18-22-17-25(14-15-29-22)13-5-8-19-6-3-2-4-7-19/h2-4,6-7,9-12,22H,13-18H2,1H3. The minimum atomic E-state index is -0.548. The van der Waals surface area contributed by atoms with Crippen LogP contribution >= 0.6 is 0 Å².